The summed E-state index contributed by atoms with van der Waals surface area (Å²) in [7, 11) is -0.865. The van der Waals surface area contributed by atoms with Crippen LogP contribution < -0.4 is 19.1 Å². The van der Waals surface area contributed by atoms with Gasteiger partial charge in [0, 0.05) is 6.07 Å². The quantitative estimate of drug-likeness (QED) is 0.655. The Morgan fingerprint density at radius 3 is 2.20 bits per heavy atom. The molecule has 0 aliphatic carbocycles. The lowest BCUT2D eigenvalue weighted by molar-refractivity contribution is -0.122. The molecule has 0 saturated carbocycles. The van der Waals surface area contributed by atoms with Crippen molar-refractivity contribution in [3.8, 4) is 11.5 Å². The highest BCUT2D eigenvalue weighted by atomic mass is 32.2. The summed E-state index contributed by atoms with van der Waals surface area (Å²) in [5, 5.41) is 2.90. The van der Waals surface area contributed by atoms with Gasteiger partial charge < -0.3 is 14.8 Å². The molecule has 2 rings (SSSR count). The van der Waals surface area contributed by atoms with Crippen molar-refractivity contribution in [2.45, 2.75) is 39.3 Å². The van der Waals surface area contributed by atoms with Crippen molar-refractivity contribution in [2.75, 3.05) is 24.8 Å². The number of nitrogens with zero attached hydrogens (tertiary/aromatic N) is 1. The molecular weight excluding hydrogens is 404 g/mol. The third-order valence-corrected chi connectivity index (χ3v) is 6.19. The highest BCUT2D eigenvalue weighted by Gasteiger charge is 2.32. The number of carbonyl (C=O) groups is 1. The molecule has 2 aromatic rings. The average molecular weight is 435 g/mol. The molecule has 0 aliphatic heterocycles. The average Bonchev–Trinajstić information content (AvgIpc) is 2.72. The molecule has 164 valence electrons. The lowest BCUT2D eigenvalue weighted by Crippen LogP contribution is -2.48. The second kappa shape index (κ2) is 9.84. The lowest BCUT2D eigenvalue weighted by Gasteiger charge is -2.30. The Labute approximate surface area is 179 Å². The normalized spacial score (nSPS) is 13.3. The van der Waals surface area contributed by atoms with Crippen molar-refractivity contribution in [2.24, 2.45) is 0 Å². The van der Waals surface area contributed by atoms with E-state index in [0.29, 0.717) is 11.5 Å². The molecule has 1 N–H and O–H groups in total. The lowest BCUT2D eigenvalue weighted by atomic mass is 10.0. The second-order valence-corrected chi connectivity index (χ2v) is 8.96. The number of carbonyl (C=O) groups excluding carboxylic acids is 1. The summed E-state index contributed by atoms with van der Waals surface area (Å²) >= 11 is 0. The van der Waals surface area contributed by atoms with E-state index in [0.717, 1.165) is 22.5 Å². The van der Waals surface area contributed by atoms with Gasteiger partial charge in [0.25, 0.3) is 0 Å². The summed E-state index contributed by atoms with van der Waals surface area (Å²) in [6.45, 7) is 5.49. The number of sulfonamides is 1. The van der Waals surface area contributed by atoms with E-state index in [1.165, 1.54) is 25.8 Å². The van der Waals surface area contributed by atoms with E-state index in [4.69, 9.17) is 9.47 Å². The molecule has 0 fully saturated rings. The van der Waals surface area contributed by atoms with Crippen molar-refractivity contribution in [3.05, 3.63) is 53.6 Å². The maximum absolute atomic E-state index is 13.0. The number of nitrogens with one attached hydrogen (secondary N) is 1. The van der Waals surface area contributed by atoms with Gasteiger partial charge in [-0.1, -0.05) is 31.2 Å². The van der Waals surface area contributed by atoms with Gasteiger partial charge in [-0.05, 0) is 43.5 Å². The summed E-state index contributed by atoms with van der Waals surface area (Å²) in [4.78, 5) is 13.0. The molecular formula is C22H30N2O5S. The van der Waals surface area contributed by atoms with Gasteiger partial charge in [0.05, 0.1) is 32.2 Å². The van der Waals surface area contributed by atoms with Crippen LogP contribution in [0.2, 0.25) is 0 Å². The zero-order chi connectivity index (χ0) is 22.5. The SMILES string of the molecule is CCc1ccc([C@H](C)NC(=O)[C@@H](C)N(c2cc(OC)ccc2OC)S(C)(=O)=O)cc1. The molecule has 2 atom stereocenters. The molecule has 1 amide bonds. The van der Waals surface area contributed by atoms with Crippen molar-refractivity contribution >= 4 is 21.6 Å². The fraction of sp³-hybridized carbons (Fsp3) is 0.409. The fourth-order valence-electron chi connectivity index (χ4n) is 3.21. The van der Waals surface area contributed by atoms with Crippen LogP contribution in [-0.4, -0.2) is 40.8 Å². The molecule has 0 aliphatic rings. The first-order chi connectivity index (χ1) is 14.1. The minimum Gasteiger partial charge on any atom is -0.497 e. The third kappa shape index (κ3) is 5.44. The zero-order valence-electron chi connectivity index (χ0n) is 18.3. The highest BCUT2D eigenvalue weighted by Crippen LogP contribution is 2.35. The van der Waals surface area contributed by atoms with Gasteiger partial charge in [0.1, 0.15) is 17.5 Å². The van der Waals surface area contributed by atoms with Crippen LogP contribution in [-0.2, 0) is 21.2 Å². The highest BCUT2D eigenvalue weighted by molar-refractivity contribution is 7.92. The topological polar surface area (TPSA) is 84.9 Å². The van der Waals surface area contributed by atoms with Crippen molar-refractivity contribution in [1.82, 2.24) is 5.32 Å². The van der Waals surface area contributed by atoms with E-state index in [1.807, 2.05) is 31.2 Å². The maximum Gasteiger partial charge on any atom is 0.244 e. The predicted molar refractivity (Wildman–Crippen MR) is 119 cm³/mol. The van der Waals surface area contributed by atoms with Crippen molar-refractivity contribution in [3.63, 3.8) is 0 Å². The van der Waals surface area contributed by atoms with Crippen molar-refractivity contribution in [1.29, 1.82) is 0 Å². The molecule has 30 heavy (non-hydrogen) atoms. The molecule has 7 nitrogen and oxygen atoms in total. The van der Waals surface area contributed by atoms with Gasteiger partial charge in [-0.15, -0.1) is 0 Å². The summed E-state index contributed by atoms with van der Waals surface area (Å²) in [5.41, 5.74) is 2.39. The number of ether oxygens (including phenoxy) is 2. The number of benzene rings is 2. The minimum absolute atomic E-state index is 0.238. The number of hydrogen-bond acceptors (Lipinski definition) is 5. The largest absolute Gasteiger partial charge is 0.497 e. The van der Waals surface area contributed by atoms with Crippen LogP contribution in [0.4, 0.5) is 5.69 Å². The van der Waals surface area contributed by atoms with Crippen molar-refractivity contribution < 1.29 is 22.7 Å². The number of methoxy groups -OCH3 is 2. The monoisotopic (exact) mass is 434 g/mol. The Balaban J connectivity index is 2.33. The van der Waals surface area contributed by atoms with Crippen LogP contribution in [0.25, 0.3) is 0 Å². The summed E-state index contributed by atoms with van der Waals surface area (Å²) in [5.74, 6) is 0.359. The third-order valence-electron chi connectivity index (χ3n) is 4.96. The number of amides is 1. The number of rotatable bonds is 9. The van der Waals surface area contributed by atoms with E-state index < -0.39 is 22.0 Å². The van der Waals surface area contributed by atoms with E-state index >= 15 is 0 Å². The van der Waals surface area contributed by atoms with Gasteiger partial charge in [0.2, 0.25) is 15.9 Å². The number of anilines is 1. The van der Waals surface area contributed by atoms with E-state index in [1.54, 1.807) is 19.1 Å². The van der Waals surface area contributed by atoms with Crippen LogP contribution in [0.1, 0.15) is 37.9 Å². The fourth-order valence-corrected chi connectivity index (χ4v) is 4.38. The number of aryl methyl sites for hydroxylation is 1. The first-order valence-electron chi connectivity index (χ1n) is 9.73. The van der Waals surface area contributed by atoms with E-state index in [-0.39, 0.29) is 11.7 Å². The van der Waals surface area contributed by atoms with Gasteiger partial charge in [-0.2, -0.15) is 0 Å². The first-order valence-corrected chi connectivity index (χ1v) is 11.6. The Morgan fingerprint density at radius 1 is 1.07 bits per heavy atom. The van der Waals surface area contributed by atoms with Gasteiger partial charge in [-0.25, -0.2) is 8.42 Å². The van der Waals surface area contributed by atoms with Gasteiger partial charge in [-0.3, -0.25) is 9.10 Å². The Kier molecular flexibility index (Phi) is 7.72. The first kappa shape index (κ1) is 23.5. The molecule has 0 aromatic heterocycles. The van der Waals surface area contributed by atoms with Crippen LogP contribution >= 0.6 is 0 Å². The Bertz CT molecular complexity index is 974. The maximum atomic E-state index is 13.0. The van der Waals surface area contributed by atoms with Crippen LogP contribution in [0, 0.1) is 0 Å². The molecule has 0 radical (unpaired) electrons. The molecule has 0 bridgehead atoms. The van der Waals surface area contributed by atoms with Crippen LogP contribution in [0.15, 0.2) is 42.5 Å². The van der Waals surface area contributed by atoms with E-state index in [2.05, 4.69) is 12.2 Å². The zero-order valence-corrected chi connectivity index (χ0v) is 19.1. The second-order valence-electron chi connectivity index (χ2n) is 7.10. The smallest absolute Gasteiger partial charge is 0.244 e. The molecule has 0 unspecified atom stereocenters. The van der Waals surface area contributed by atoms with Crippen LogP contribution in [0.5, 0.6) is 11.5 Å². The summed E-state index contributed by atoms with van der Waals surface area (Å²) in [6.07, 6.45) is 1.99. The molecule has 8 heteroatoms. The molecule has 2 aromatic carbocycles. The van der Waals surface area contributed by atoms with Gasteiger partial charge >= 0.3 is 0 Å². The number of hydrogen-bond donors (Lipinski definition) is 1. The van der Waals surface area contributed by atoms with E-state index in [9.17, 15) is 13.2 Å². The van der Waals surface area contributed by atoms with Crippen LogP contribution in [0.3, 0.4) is 0 Å². The Hall–Kier alpha value is -2.74. The Morgan fingerprint density at radius 2 is 1.70 bits per heavy atom. The summed E-state index contributed by atoms with van der Waals surface area (Å²) in [6, 6.07) is 11.5. The molecule has 0 spiro atoms. The standard InChI is InChI=1S/C22H30N2O5S/c1-7-17-8-10-18(11-9-17)15(2)23-22(25)16(3)24(30(6,26)27)20-14-19(28-4)12-13-21(20)29-5/h8-16H,7H2,1-6H3,(H,23,25)/t15-,16+/m0/s1. The minimum atomic E-state index is -3.79. The van der Waals surface area contributed by atoms with Gasteiger partial charge in [0.15, 0.2) is 0 Å². The molecule has 0 heterocycles. The molecule has 0 saturated heterocycles. The predicted octanol–water partition coefficient (Wildman–Crippen LogP) is 3.30. The summed E-state index contributed by atoms with van der Waals surface area (Å²) < 4.78 is 36.8.